The molecule has 2 aromatic carbocycles. The Balaban J connectivity index is 0.000000927. The first-order valence-electron chi connectivity index (χ1n) is 10.4. The van der Waals surface area contributed by atoms with E-state index >= 15 is 0 Å². The van der Waals surface area contributed by atoms with Gasteiger partial charge in [0.05, 0.1) is 17.1 Å². The van der Waals surface area contributed by atoms with Gasteiger partial charge in [0.25, 0.3) is 10.0 Å². The Hall–Kier alpha value is -2.26. The highest BCUT2D eigenvalue weighted by Crippen LogP contribution is 2.39. The molecular weight excluding hydrogens is 524 g/mol. The van der Waals surface area contributed by atoms with Gasteiger partial charge in [-0.15, -0.1) is 0 Å². The van der Waals surface area contributed by atoms with E-state index in [-0.39, 0.29) is 22.8 Å². The summed E-state index contributed by atoms with van der Waals surface area (Å²) < 4.78 is 61.8. The molecule has 2 aromatic rings. The molecule has 0 saturated carbocycles. The summed E-state index contributed by atoms with van der Waals surface area (Å²) in [4.78, 5) is 10.8. The normalized spacial score (nSPS) is 16.0. The summed E-state index contributed by atoms with van der Waals surface area (Å²) in [6, 6.07) is 12.5. The van der Waals surface area contributed by atoms with Crippen LogP contribution in [0.15, 0.2) is 47.4 Å². The summed E-state index contributed by atoms with van der Waals surface area (Å²) in [5, 5.41) is 11.3. The van der Waals surface area contributed by atoms with Crippen LogP contribution in [0.3, 0.4) is 0 Å². The van der Waals surface area contributed by atoms with E-state index in [0.29, 0.717) is 17.1 Å². The van der Waals surface area contributed by atoms with Gasteiger partial charge in [-0.05, 0) is 43.5 Å². The first kappa shape index (κ1) is 30.8. The second kappa shape index (κ2) is 13.2. The second-order valence-corrected chi connectivity index (χ2v) is 10.9. The molecule has 1 unspecified atom stereocenters. The Morgan fingerprint density at radius 1 is 1.09 bits per heavy atom. The zero-order valence-corrected chi connectivity index (χ0v) is 21.3. The van der Waals surface area contributed by atoms with Gasteiger partial charge in [0, 0.05) is 40.0 Å². The summed E-state index contributed by atoms with van der Waals surface area (Å²) in [6.45, 7) is 0.817. The predicted octanol–water partition coefficient (Wildman–Crippen LogP) is 1.00. The van der Waals surface area contributed by atoms with Gasteiger partial charge in [-0.25, -0.2) is 8.42 Å². The van der Waals surface area contributed by atoms with Crippen LogP contribution in [0.1, 0.15) is 49.3 Å². The van der Waals surface area contributed by atoms with Gasteiger partial charge in [0.1, 0.15) is 6.04 Å². The molecule has 0 fully saturated rings. The molecule has 1 atom stereocenters. The van der Waals surface area contributed by atoms with Crippen LogP contribution in [-0.2, 0) is 25.2 Å². The fourth-order valence-electron chi connectivity index (χ4n) is 3.78. The molecule has 0 bridgehead atoms. The van der Waals surface area contributed by atoms with Crippen molar-refractivity contribution in [3.05, 3.63) is 58.6 Å². The number of para-hydroxylation sites is 1. The minimum Gasteiger partial charge on any atom is -0.759 e. The van der Waals surface area contributed by atoms with Gasteiger partial charge < -0.3 is 25.0 Å². The number of carbonyl (C=O) groups is 1. The topological polar surface area (TPSA) is 203 Å². The van der Waals surface area contributed by atoms with Gasteiger partial charge >= 0.3 is 5.97 Å². The van der Waals surface area contributed by atoms with Crippen LogP contribution < -0.4 is 9.62 Å². The third kappa shape index (κ3) is 9.04. The summed E-state index contributed by atoms with van der Waals surface area (Å²) >= 11 is 6.13. The lowest BCUT2D eigenvalue weighted by Crippen LogP contribution is -2.85. The van der Waals surface area contributed by atoms with E-state index in [1.807, 2.05) is 24.3 Å². The van der Waals surface area contributed by atoms with Gasteiger partial charge in [0.2, 0.25) is 0 Å². The highest BCUT2D eigenvalue weighted by atomic mass is 35.5. The van der Waals surface area contributed by atoms with E-state index in [1.54, 1.807) is 19.2 Å². The molecule has 0 amide bonds. The molecule has 11 nitrogen and oxygen atoms in total. The number of aliphatic carboxylic acids is 1. The number of rotatable bonds is 8. The molecule has 1 aliphatic rings. The van der Waals surface area contributed by atoms with E-state index in [2.05, 4.69) is 5.32 Å². The van der Waals surface area contributed by atoms with Gasteiger partial charge in [-0.3, -0.25) is 17.5 Å². The van der Waals surface area contributed by atoms with E-state index < -0.39 is 26.4 Å². The van der Waals surface area contributed by atoms with Crippen LogP contribution in [0.25, 0.3) is 0 Å². The fraction of sp³-hybridized carbons (Fsp3) is 0.381. The number of quaternary nitrogens is 1. The Morgan fingerprint density at radius 3 is 2.31 bits per heavy atom. The van der Waals surface area contributed by atoms with E-state index in [4.69, 9.17) is 34.2 Å². The number of hydrogen-bond acceptors (Lipinski definition) is 7. The summed E-state index contributed by atoms with van der Waals surface area (Å²) in [6.07, 6.45) is 3.66. The summed E-state index contributed by atoms with van der Waals surface area (Å²) in [5.41, 5.74) is 2.35. The molecule has 196 valence electrons. The van der Waals surface area contributed by atoms with Crippen molar-refractivity contribution >= 4 is 43.7 Å². The monoisotopic (exact) mass is 551 g/mol. The van der Waals surface area contributed by atoms with Crippen molar-refractivity contribution < 1.29 is 46.6 Å². The van der Waals surface area contributed by atoms with Gasteiger partial charge in [0.15, 0.2) is 0 Å². The summed E-state index contributed by atoms with van der Waals surface area (Å²) in [7, 11) is -7.30. The van der Waals surface area contributed by atoms with E-state index in [0.717, 1.165) is 36.9 Å². The summed E-state index contributed by atoms with van der Waals surface area (Å²) in [5.74, 6) is -0.757. The molecule has 0 radical (unpaired) electrons. The number of fused-ring (bicyclic) bond motifs is 2. The lowest BCUT2D eigenvalue weighted by Gasteiger charge is -2.20. The number of carboxylic acids is 1. The number of anilines is 1. The molecule has 5 N–H and O–H groups in total. The molecule has 14 heteroatoms. The Kier molecular flexibility index (Phi) is 11.6. The first-order valence-corrected chi connectivity index (χ1v) is 13.6. The smallest absolute Gasteiger partial charge is 0.303 e. The highest BCUT2D eigenvalue weighted by Gasteiger charge is 2.36. The lowest BCUT2D eigenvalue weighted by atomic mass is 9.96. The average molecular weight is 552 g/mol. The molecule has 0 spiro atoms. The van der Waals surface area contributed by atoms with Gasteiger partial charge in [-0.2, -0.15) is 0 Å². The quantitative estimate of drug-likeness (QED) is 0.274. The van der Waals surface area contributed by atoms with Crippen molar-refractivity contribution in [3.8, 4) is 0 Å². The number of benzene rings is 2. The molecule has 0 aromatic heterocycles. The minimum absolute atomic E-state index is 0. The molecule has 35 heavy (non-hydrogen) atoms. The Labute approximate surface area is 209 Å². The predicted molar refractivity (Wildman–Crippen MR) is 127 cm³/mol. The van der Waals surface area contributed by atoms with Crippen molar-refractivity contribution in [2.45, 2.75) is 43.0 Å². The maximum Gasteiger partial charge on any atom is 0.303 e. The van der Waals surface area contributed by atoms with Crippen molar-refractivity contribution in [2.24, 2.45) is 0 Å². The average Bonchev–Trinajstić information content (AvgIpc) is 2.80. The number of hydrogen-bond donors (Lipinski definition) is 2. The SMILES string of the molecule is CN1c2ccccc2C([NH2+]CCCCCCC(=O)O)c2ccc(Cl)cc2S1(=O)=O.O.O=S(=O)([O-])[O-]. The molecule has 0 saturated heterocycles. The number of halogens is 1. The molecule has 1 aliphatic heterocycles. The number of sulfonamides is 1. The third-order valence-corrected chi connectivity index (χ3v) is 7.37. The zero-order valence-electron chi connectivity index (χ0n) is 18.9. The second-order valence-electron chi connectivity index (χ2n) is 7.68. The Morgan fingerprint density at radius 2 is 1.69 bits per heavy atom. The number of nitrogens with two attached hydrogens (primary N) is 1. The van der Waals surface area contributed by atoms with Crippen LogP contribution in [0.5, 0.6) is 0 Å². The lowest BCUT2D eigenvalue weighted by molar-refractivity contribution is -0.687. The molecule has 1 heterocycles. The standard InChI is InChI=1S/C21H25ClN2O4S.H2O4S.H2O/c1-24-18-9-6-5-8-16(18)21(23-13-7-3-2-4-10-20(25)26)17-12-11-15(22)14-19(17)29(24,27)28;1-5(2,3)4;/h5-6,8-9,11-12,14,21,23H,2-4,7,10,13H2,1H3,(H,25,26);(H2,1,2,3,4);1H2/p-1. The molecule has 0 aliphatic carbocycles. The van der Waals surface area contributed by atoms with Crippen molar-refractivity contribution in [1.82, 2.24) is 0 Å². The zero-order chi connectivity index (χ0) is 25.5. The van der Waals surface area contributed by atoms with Crippen LogP contribution in [0.4, 0.5) is 5.69 Å². The largest absolute Gasteiger partial charge is 0.759 e. The highest BCUT2D eigenvalue weighted by molar-refractivity contribution is 7.92. The maximum absolute atomic E-state index is 13.2. The minimum atomic E-state index is -5.17. The van der Waals surface area contributed by atoms with Crippen molar-refractivity contribution in [1.29, 1.82) is 0 Å². The van der Waals surface area contributed by atoms with Crippen LogP contribution in [0, 0.1) is 0 Å². The number of nitrogens with zero attached hydrogens (tertiary/aromatic N) is 1. The molecule has 3 rings (SSSR count). The van der Waals surface area contributed by atoms with E-state index in [9.17, 15) is 13.2 Å². The van der Waals surface area contributed by atoms with Crippen LogP contribution in [0.2, 0.25) is 5.02 Å². The first-order chi connectivity index (χ1) is 15.8. The number of unbranched alkanes of at least 4 members (excludes halogenated alkanes) is 3. The van der Waals surface area contributed by atoms with Crippen LogP contribution >= 0.6 is 11.6 Å². The van der Waals surface area contributed by atoms with Gasteiger partial charge in [-0.1, -0.05) is 36.2 Å². The van der Waals surface area contributed by atoms with E-state index in [1.165, 1.54) is 10.4 Å². The van der Waals surface area contributed by atoms with Crippen molar-refractivity contribution in [2.75, 3.05) is 17.9 Å². The third-order valence-electron chi connectivity index (χ3n) is 5.31. The van der Waals surface area contributed by atoms with Crippen molar-refractivity contribution in [3.63, 3.8) is 0 Å². The fourth-order valence-corrected chi connectivity index (χ4v) is 5.51. The Bertz CT molecular complexity index is 1210. The maximum atomic E-state index is 13.2. The van der Waals surface area contributed by atoms with Crippen LogP contribution in [-0.4, -0.2) is 56.1 Å². The number of carboxylic acid groups (broad SMARTS) is 1. The molecular formula is C21H28ClN2O9S2-.